The molecule has 0 aromatic heterocycles. The zero-order valence-electron chi connectivity index (χ0n) is 26.9. The van der Waals surface area contributed by atoms with Gasteiger partial charge in [-0.25, -0.2) is 4.79 Å². The number of nitriles is 1. The van der Waals surface area contributed by atoms with Crippen LogP contribution in [0, 0.1) is 23.2 Å². The van der Waals surface area contributed by atoms with Crippen LogP contribution in [0.2, 0.25) is 0 Å². The molecule has 11 nitrogen and oxygen atoms in total. The second-order valence-electron chi connectivity index (χ2n) is 12.5. The number of carbonyl (C=O) groups is 3. The Kier molecular flexibility index (Phi) is 13.1. The maximum atomic E-state index is 13.9. The number of piperidine rings is 1. The van der Waals surface area contributed by atoms with E-state index in [1.54, 1.807) is 6.07 Å². The van der Waals surface area contributed by atoms with Gasteiger partial charge in [0.2, 0.25) is 11.8 Å². The highest BCUT2D eigenvalue weighted by molar-refractivity contribution is 5.92. The monoisotopic (exact) mass is 643 g/mol. The van der Waals surface area contributed by atoms with Crippen LogP contribution in [0.4, 0.5) is 4.79 Å². The highest BCUT2D eigenvalue weighted by atomic mass is 16.5. The third-order valence-corrected chi connectivity index (χ3v) is 8.41. The third-order valence-electron chi connectivity index (χ3n) is 8.41. The Labute approximate surface area is 275 Å². The summed E-state index contributed by atoms with van der Waals surface area (Å²) in [6.07, 6.45) is -1.05. The van der Waals surface area contributed by atoms with Gasteiger partial charge >= 0.3 is 6.09 Å². The molecular weight excluding hydrogens is 598 g/mol. The van der Waals surface area contributed by atoms with Crippen molar-refractivity contribution < 1.29 is 29.3 Å². The van der Waals surface area contributed by atoms with Crippen LogP contribution in [-0.4, -0.2) is 65.1 Å². The summed E-state index contributed by atoms with van der Waals surface area (Å²) in [5, 5.41) is 43.5. The molecule has 0 aliphatic carbocycles. The summed E-state index contributed by atoms with van der Waals surface area (Å²) in [4.78, 5) is 40.6. The molecule has 1 aliphatic heterocycles. The lowest BCUT2D eigenvalue weighted by Gasteiger charge is -2.33. The van der Waals surface area contributed by atoms with Crippen molar-refractivity contribution in [1.29, 1.82) is 5.26 Å². The number of aliphatic hydroxyl groups excluding tert-OH is 2. The van der Waals surface area contributed by atoms with Gasteiger partial charge in [-0.3, -0.25) is 14.9 Å². The van der Waals surface area contributed by atoms with Crippen LogP contribution < -0.4 is 21.3 Å². The molecule has 11 heteroatoms. The van der Waals surface area contributed by atoms with Gasteiger partial charge in [-0.2, -0.15) is 5.26 Å². The molecular formula is C36H45N5O6. The van der Waals surface area contributed by atoms with Crippen LogP contribution in [0.1, 0.15) is 50.7 Å². The predicted molar refractivity (Wildman–Crippen MR) is 177 cm³/mol. The van der Waals surface area contributed by atoms with Gasteiger partial charge in [-0.05, 0) is 60.0 Å². The number of fused-ring (bicyclic) bond motifs is 1. The minimum Gasteiger partial charge on any atom is -0.445 e. The molecule has 0 radical (unpaired) electrons. The minimum atomic E-state index is -1.51. The van der Waals surface area contributed by atoms with Crippen molar-refractivity contribution in [2.45, 2.75) is 83.0 Å². The van der Waals surface area contributed by atoms with Crippen molar-refractivity contribution in [3.8, 4) is 6.07 Å². The molecule has 1 fully saturated rings. The lowest BCUT2D eigenvalue weighted by molar-refractivity contribution is -0.131. The number of nitrogens with one attached hydrogen (secondary N) is 4. The van der Waals surface area contributed by atoms with Crippen molar-refractivity contribution in [2.75, 3.05) is 6.54 Å². The van der Waals surface area contributed by atoms with E-state index in [4.69, 9.17) is 4.74 Å². The molecule has 6 atom stereocenters. The molecule has 0 bridgehead atoms. The lowest BCUT2D eigenvalue weighted by atomic mass is 9.88. The van der Waals surface area contributed by atoms with Crippen molar-refractivity contribution in [1.82, 2.24) is 21.3 Å². The van der Waals surface area contributed by atoms with Crippen molar-refractivity contribution in [3.05, 3.63) is 83.9 Å². The molecule has 3 aromatic carbocycles. The van der Waals surface area contributed by atoms with E-state index in [9.17, 15) is 29.9 Å². The summed E-state index contributed by atoms with van der Waals surface area (Å²) in [5.74, 6) is -1.43. The van der Waals surface area contributed by atoms with Crippen molar-refractivity contribution in [2.24, 2.45) is 11.8 Å². The first-order chi connectivity index (χ1) is 22.6. The number of alkyl carbamates (subject to hydrolysis) is 1. The fourth-order valence-corrected chi connectivity index (χ4v) is 5.93. The van der Waals surface area contributed by atoms with E-state index in [-0.39, 0.29) is 37.7 Å². The maximum Gasteiger partial charge on any atom is 0.408 e. The lowest BCUT2D eigenvalue weighted by Crippen LogP contribution is -2.57. The Balaban J connectivity index is 1.53. The van der Waals surface area contributed by atoms with Crippen molar-refractivity contribution >= 4 is 28.7 Å². The first-order valence-corrected chi connectivity index (χ1v) is 16.2. The number of hydrogen-bond donors (Lipinski definition) is 6. The SMILES string of the molecule is CC(C)C[C@H](NC(=O)C(Cc1cccc2ccccc12)NC(=O)OCc1ccccc1)C(=O)N[C@@H](C[C@@H]1CCCNC1O)C(O)C#N. The Hall–Kier alpha value is -4.50. The van der Waals surface area contributed by atoms with E-state index < -0.39 is 48.4 Å². The summed E-state index contributed by atoms with van der Waals surface area (Å²) in [7, 11) is 0. The minimum absolute atomic E-state index is 0.00456. The first kappa shape index (κ1) is 35.4. The molecule has 1 saturated heterocycles. The standard InChI is InChI=1S/C36H45N5O6/c1-23(2)18-30(34(44)39-29(32(42)21-37)20-27-15-9-17-38-33(27)43)40-35(45)31(41-36(46)47-22-24-10-4-3-5-11-24)19-26-14-8-13-25-12-6-7-16-28(25)26/h3-8,10-14,16,23,27,29-33,38,42-43H,9,15,17-20,22H2,1-2H3,(H,39,44)(H,40,45)(H,41,46)/t27-,29-,30-,31?,32?,33?/m0/s1. The van der Waals surface area contributed by atoms with Gasteiger partial charge in [0.15, 0.2) is 6.10 Å². The average Bonchev–Trinajstić information content (AvgIpc) is 3.07. The Morgan fingerprint density at radius 3 is 2.38 bits per heavy atom. The Morgan fingerprint density at radius 1 is 0.957 bits per heavy atom. The zero-order chi connectivity index (χ0) is 33.8. The van der Waals surface area contributed by atoms with E-state index in [0.717, 1.165) is 28.3 Å². The molecule has 4 rings (SSSR count). The molecule has 3 aromatic rings. The summed E-state index contributed by atoms with van der Waals surface area (Å²) < 4.78 is 5.43. The number of rotatable bonds is 14. The second-order valence-corrected chi connectivity index (χ2v) is 12.5. The smallest absolute Gasteiger partial charge is 0.408 e. The number of hydrogen-bond acceptors (Lipinski definition) is 8. The van der Waals surface area contributed by atoms with E-state index in [0.29, 0.717) is 13.0 Å². The largest absolute Gasteiger partial charge is 0.445 e. The molecule has 0 saturated carbocycles. The molecule has 3 amide bonds. The predicted octanol–water partition coefficient (Wildman–Crippen LogP) is 3.29. The normalized spacial score (nSPS) is 18.7. The number of carbonyl (C=O) groups excluding carboxylic acids is 3. The van der Waals surface area contributed by atoms with Gasteiger partial charge in [0.25, 0.3) is 0 Å². The van der Waals surface area contributed by atoms with E-state index in [2.05, 4.69) is 21.3 Å². The first-order valence-electron chi connectivity index (χ1n) is 16.2. The topological polar surface area (TPSA) is 173 Å². The van der Waals surface area contributed by atoms with Crippen molar-refractivity contribution in [3.63, 3.8) is 0 Å². The molecule has 1 aliphatic rings. The highest BCUT2D eigenvalue weighted by Gasteiger charge is 2.34. The van der Waals surface area contributed by atoms with Gasteiger partial charge in [0, 0.05) is 12.3 Å². The molecule has 6 N–H and O–H groups in total. The van der Waals surface area contributed by atoms with Crippen LogP contribution in [0.5, 0.6) is 0 Å². The van der Waals surface area contributed by atoms with Crippen LogP contribution >= 0.6 is 0 Å². The van der Waals surface area contributed by atoms with Gasteiger partial charge in [-0.15, -0.1) is 0 Å². The fourth-order valence-electron chi connectivity index (χ4n) is 5.93. The van der Waals surface area contributed by atoms with E-state index in [1.165, 1.54) is 0 Å². The van der Waals surface area contributed by atoms with E-state index in [1.807, 2.05) is 86.6 Å². The van der Waals surface area contributed by atoms with Gasteiger partial charge in [0.05, 0.1) is 12.1 Å². The van der Waals surface area contributed by atoms with Gasteiger partial charge in [0.1, 0.15) is 24.9 Å². The van der Waals surface area contributed by atoms with Crippen LogP contribution in [0.3, 0.4) is 0 Å². The van der Waals surface area contributed by atoms with Crippen LogP contribution in [0.15, 0.2) is 72.8 Å². The fraction of sp³-hybridized carbons (Fsp3) is 0.444. The number of aliphatic hydroxyl groups is 2. The Morgan fingerprint density at radius 2 is 1.66 bits per heavy atom. The maximum absolute atomic E-state index is 13.9. The summed E-state index contributed by atoms with van der Waals surface area (Å²) in [5.41, 5.74) is 1.62. The second kappa shape index (κ2) is 17.4. The summed E-state index contributed by atoms with van der Waals surface area (Å²) in [6, 6.07) is 21.4. The van der Waals surface area contributed by atoms with E-state index >= 15 is 0 Å². The summed E-state index contributed by atoms with van der Waals surface area (Å²) in [6.45, 7) is 4.49. The summed E-state index contributed by atoms with van der Waals surface area (Å²) >= 11 is 0. The van der Waals surface area contributed by atoms with Gasteiger partial charge < -0.3 is 30.9 Å². The number of benzene rings is 3. The molecule has 0 spiro atoms. The number of nitrogens with zero attached hydrogens (tertiary/aromatic N) is 1. The van der Waals surface area contributed by atoms with Crippen LogP contribution in [-0.2, 0) is 27.4 Å². The number of ether oxygens (including phenoxy) is 1. The third kappa shape index (κ3) is 10.5. The van der Waals surface area contributed by atoms with Crippen LogP contribution in [0.25, 0.3) is 10.8 Å². The quantitative estimate of drug-likeness (QED) is 0.145. The van der Waals surface area contributed by atoms with Gasteiger partial charge in [-0.1, -0.05) is 86.6 Å². The molecule has 250 valence electrons. The Bertz CT molecular complexity index is 1520. The molecule has 1 heterocycles. The average molecular weight is 644 g/mol. The molecule has 3 unspecified atom stereocenters. The number of amides is 3. The molecule has 47 heavy (non-hydrogen) atoms. The highest BCUT2D eigenvalue weighted by Crippen LogP contribution is 2.23. The zero-order valence-corrected chi connectivity index (χ0v) is 26.9.